The van der Waals surface area contributed by atoms with Crippen LogP contribution >= 0.6 is 11.6 Å². The SMILES string of the molecule is COCN1CCN(C[C@@H]2C(=O)NC[C@H]2c2ccc(Cl)cc2)CC1. The standard InChI is InChI=1S/C17H24ClN3O2/c1-23-12-21-8-6-20(7-9-21)11-16-15(10-19-17(16)22)13-2-4-14(18)5-3-13/h2-5,15-16H,6-12H2,1H3,(H,19,22)/t15-,16-/m0/s1. The smallest absolute Gasteiger partial charge is 0.225 e. The second-order valence-electron chi connectivity index (χ2n) is 6.35. The number of nitrogens with zero attached hydrogens (tertiary/aromatic N) is 2. The van der Waals surface area contributed by atoms with Crippen molar-refractivity contribution in [1.29, 1.82) is 0 Å². The molecule has 1 aromatic carbocycles. The second-order valence-corrected chi connectivity index (χ2v) is 6.78. The fourth-order valence-electron chi connectivity index (χ4n) is 3.50. The van der Waals surface area contributed by atoms with E-state index in [0.717, 1.165) is 44.3 Å². The van der Waals surface area contributed by atoms with Gasteiger partial charge in [-0.1, -0.05) is 23.7 Å². The zero-order valence-corrected chi connectivity index (χ0v) is 14.3. The normalized spacial score (nSPS) is 26.4. The Labute approximate surface area is 142 Å². The highest BCUT2D eigenvalue weighted by Crippen LogP contribution is 2.30. The summed E-state index contributed by atoms with van der Waals surface area (Å²) in [5.41, 5.74) is 1.19. The number of nitrogens with one attached hydrogen (secondary N) is 1. The topological polar surface area (TPSA) is 44.8 Å². The number of hydrogen-bond donors (Lipinski definition) is 1. The fourth-order valence-corrected chi connectivity index (χ4v) is 3.62. The molecule has 0 unspecified atom stereocenters. The molecule has 23 heavy (non-hydrogen) atoms. The lowest BCUT2D eigenvalue weighted by Crippen LogP contribution is -2.49. The van der Waals surface area contributed by atoms with E-state index >= 15 is 0 Å². The molecule has 2 aliphatic heterocycles. The maximum absolute atomic E-state index is 12.3. The Bertz CT molecular complexity index is 529. The van der Waals surface area contributed by atoms with Gasteiger partial charge < -0.3 is 10.1 Å². The van der Waals surface area contributed by atoms with Crippen molar-refractivity contribution in [3.05, 3.63) is 34.9 Å². The van der Waals surface area contributed by atoms with E-state index in [9.17, 15) is 4.79 Å². The number of methoxy groups -OCH3 is 1. The molecule has 0 aliphatic carbocycles. The molecule has 126 valence electrons. The zero-order chi connectivity index (χ0) is 16.2. The Balaban J connectivity index is 1.61. The maximum atomic E-state index is 12.3. The van der Waals surface area contributed by atoms with Crippen molar-refractivity contribution < 1.29 is 9.53 Å². The highest BCUT2D eigenvalue weighted by molar-refractivity contribution is 6.30. The van der Waals surface area contributed by atoms with E-state index in [1.807, 2.05) is 24.3 Å². The first-order chi connectivity index (χ1) is 11.2. The van der Waals surface area contributed by atoms with Gasteiger partial charge >= 0.3 is 0 Å². The largest absolute Gasteiger partial charge is 0.369 e. The molecule has 3 rings (SSSR count). The minimum absolute atomic E-state index is 0.0187. The van der Waals surface area contributed by atoms with E-state index in [-0.39, 0.29) is 17.7 Å². The van der Waals surface area contributed by atoms with E-state index in [2.05, 4.69) is 15.1 Å². The van der Waals surface area contributed by atoms with Gasteiger partial charge in [0.2, 0.25) is 5.91 Å². The van der Waals surface area contributed by atoms with Crippen LogP contribution < -0.4 is 5.32 Å². The van der Waals surface area contributed by atoms with Gasteiger partial charge in [-0.15, -0.1) is 0 Å². The molecule has 2 fully saturated rings. The van der Waals surface area contributed by atoms with Crippen LogP contribution in [0.3, 0.4) is 0 Å². The minimum Gasteiger partial charge on any atom is -0.369 e. The summed E-state index contributed by atoms with van der Waals surface area (Å²) in [6.07, 6.45) is 0. The highest BCUT2D eigenvalue weighted by Gasteiger charge is 2.37. The van der Waals surface area contributed by atoms with E-state index in [1.54, 1.807) is 7.11 Å². The lowest BCUT2D eigenvalue weighted by molar-refractivity contribution is -0.123. The molecular formula is C17H24ClN3O2. The molecule has 6 heteroatoms. The first-order valence-corrected chi connectivity index (χ1v) is 8.52. The van der Waals surface area contributed by atoms with Gasteiger partial charge in [-0.3, -0.25) is 14.6 Å². The van der Waals surface area contributed by atoms with Crippen molar-refractivity contribution in [2.75, 3.05) is 53.1 Å². The predicted molar refractivity (Wildman–Crippen MR) is 90.6 cm³/mol. The molecule has 1 amide bonds. The molecule has 2 aliphatic rings. The van der Waals surface area contributed by atoms with Crippen molar-refractivity contribution in [2.45, 2.75) is 5.92 Å². The number of rotatable bonds is 5. The van der Waals surface area contributed by atoms with Crippen molar-refractivity contribution >= 4 is 17.5 Å². The summed E-state index contributed by atoms with van der Waals surface area (Å²) in [7, 11) is 1.73. The highest BCUT2D eigenvalue weighted by atomic mass is 35.5. The lowest BCUT2D eigenvalue weighted by atomic mass is 9.88. The molecule has 2 heterocycles. The summed E-state index contributed by atoms with van der Waals surface area (Å²) in [5.74, 6) is 0.422. The third-order valence-corrected chi connectivity index (χ3v) is 5.10. The van der Waals surface area contributed by atoms with Gasteiger partial charge in [0, 0.05) is 57.3 Å². The Morgan fingerprint density at radius 3 is 2.48 bits per heavy atom. The lowest BCUT2D eigenvalue weighted by Gasteiger charge is -2.35. The average molecular weight is 338 g/mol. The molecule has 0 spiro atoms. The van der Waals surface area contributed by atoms with Crippen LogP contribution in [0.15, 0.2) is 24.3 Å². The number of carbonyl (C=O) groups excluding carboxylic acids is 1. The van der Waals surface area contributed by atoms with Crippen molar-refractivity contribution in [1.82, 2.24) is 15.1 Å². The number of benzene rings is 1. The molecule has 1 N–H and O–H groups in total. The molecule has 0 saturated carbocycles. The van der Waals surface area contributed by atoms with Crippen molar-refractivity contribution in [3.63, 3.8) is 0 Å². The Kier molecular flexibility index (Phi) is 5.54. The first kappa shape index (κ1) is 16.7. The van der Waals surface area contributed by atoms with Crippen LogP contribution in [0.5, 0.6) is 0 Å². The minimum atomic E-state index is 0.0187. The molecule has 2 saturated heterocycles. The number of piperazine rings is 1. The van der Waals surface area contributed by atoms with Gasteiger partial charge in [-0.05, 0) is 17.7 Å². The number of halogens is 1. The summed E-state index contributed by atoms with van der Waals surface area (Å²) in [6, 6.07) is 7.88. The number of carbonyl (C=O) groups is 1. The molecule has 0 aromatic heterocycles. The molecule has 2 atom stereocenters. The van der Waals surface area contributed by atoms with Gasteiger partial charge in [0.05, 0.1) is 12.6 Å². The van der Waals surface area contributed by atoms with Gasteiger partial charge in [0.25, 0.3) is 0 Å². The van der Waals surface area contributed by atoms with Crippen LogP contribution in [0, 0.1) is 5.92 Å². The van der Waals surface area contributed by atoms with Crippen LogP contribution in [0.25, 0.3) is 0 Å². The molecule has 0 bridgehead atoms. The quantitative estimate of drug-likeness (QED) is 0.882. The molecular weight excluding hydrogens is 314 g/mol. The number of ether oxygens (including phenoxy) is 1. The van der Waals surface area contributed by atoms with Crippen molar-refractivity contribution in [3.8, 4) is 0 Å². The third-order valence-electron chi connectivity index (χ3n) is 4.85. The van der Waals surface area contributed by atoms with E-state index in [1.165, 1.54) is 5.56 Å². The third kappa shape index (κ3) is 4.04. The summed E-state index contributed by atoms with van der Waals surface area (Å²) in [5, 5.41) is 3.76. The van der Waals surface area contributed by atoms with Crippen LogP contribution in [-0.2, 0) is 9.53 Å². The molecule has 0 radical (unpaired) electrons. The van der Waals surface area contributed by atoms with Crippen LogP contribution in [-0.4, -0.2) is 68.8 Å². The predicted octanol–water partition coefficient (Wildman–Crippen LogP) is 1.39. The Hall–Kier alpha value is -1.14. The van der Waals surface area contributed by atoms with E-state index < -0.39 is 0 Å². The van der Waals surface area contributed by atoms with Crippen LogP contribution in [0.2, 0.25) is 5.02 Å². The summed E-state index contributed by atoms with van der Waals surface area (Å²) >= 11 is 5.97. The Morgan fingerprint density at radius 2 is 1.83 bits per heavy atom. The monoisotopic (exact) mass is 337 g/mol. The zero-order valence-electron chi connectivity index (χ0n) is 13.5. The molecule has 5 nitrogen and oxygen atoms in total. The summed E-state index contributed by atoms with van der Waals surface area (Å²) < 4.78 is 5.18. The van der Waals surface area contributed by atoms with E-state index in [4.69, 9.17) is 16.3 Å². The first-order valence-electron chi connectivity index (χ1n) is 8.14. The Morgan fingerprint density at radius 1 is 1.17 bits per heavy atom. The van der Waals surface area contributed by atoms with E-state index in [0.29, 0.717) is 6.73 Å². The fraction of sp³-hybridized carbons (Fsp3) is 0.588. The maximum Gasteiger partial charge on any atom is 0.225 e. The van der Waals surface area contributed by atoms with Crippen molar-refractivity contribution in [2.24, 2.45) is 5.92 Å². The van der Waals surface area contributed by atoms with Gasteiger partial charge in [-0.2, -0.15) is 0 Å². The second kappa shape index (κ2) is 7.62. The number of amides is 1. The van der Waals surface area contributed by atoms with Crippen LogP contribution in [0.1, 0.15) is 11.5 Å². The number of hydrogen-bond acceptors (Lipinski definition) is 4. The summed E-state index contributed by atoms with van der Waals surface area (Å²) in [4.78, 5) is 17.0. The van der Waals surface area contributed by atoms with Gasteiger partial charge in [-0.25, -0.2) is 0 Å². The van der Waals surface area contributed by atoms with Gasteiger partial charge in [0.15, 0.2) is 0 Å². The van der Waals surface area contributed by atoms with Crippen LogP contribution in [0.4, 0.5) is 0 Å². The van der Waals surface area contributed by atoms with Gasteiger partial charge in [0.1, 0.15) is 0 Å². The molecule has 1 aromatic rings. The average Bonchev–Trinajstić information content (AvgIpc) is 2.91. The summed E-state index contributed by atoms with van der Waals surface area (Å²) in [6.45, 7) is 6.18.